The van der Waals surface area contributed by atoms with Crippen LogP contribution >= 0.6 is 0 Å². The van der Waals surface area contributed by atoms with Gasteiger partial charge < -0.3 is 14.5 Å². The third-order valence-electron chi connectivity index (χ3n) is 4.64. The second-order valence-corrected chi connectivity index (χ2v) is 6.23. The molecule has 4 rings (SSSR count). The largest absolute Gasteiger partial charge is 0.465 e. The van der Waals surface area contributed by atoms with Gasteiger partial charge >= 0.3 is 5.97 Å². The van der Waals surface area contributed by atoms with Gasteiger partial charge in [0.1, 0.15) is 5.58 Å². The minimum atomic E-state index is -0.446. The number of carbonyl (C=O) groups excluding carboxylic acids is 2. The van der Waals surface area contributed by atoms with Crippen molar-refractivity contribution in [2.45, 2.75) is 6.92 Å². The molecule has 27 heavy (non-hydrogen) atoms. The highest BCUT2D eigenvalue weighted by Gasteiger charge is 2.17. The fourth-order valence-corrected chi connectivity index (χ4v) is 3.19. The number of esters is 1. The molecule has 1 amide bonds. The van der Waals surface area contributed by atoms with Gasteiger partial charge in [-0.2, -0.15) is 0 Å². The summed E-state index contributed by atoms with van der Waals surface area (Å²) in [7, 11) is 1.33. The first kappa shape index (κ1) is 16.8. The van der Waals surface area contributed by atoms with Crippen LogP contribution in [-0.4, -0.2) is 19.0 Å². The topological polar surface area (TPSA) is 68.5 Å². The van der Waals surface area contributed by atoms with Crippen LogP contribution in [0.2, 0.25) is 0 Å². The summed E-state index contributed by atoms with van der Waals surface area (Å²) in [6, 6.07) is 18.6. The number of hydrogen-bond acceptors (Lipinski definition) is 4. The van der Waals surface area contributed by atoms with Crippen molar-refractivity contribution in [2.24, 2.45) is 0 Å². The number of fused-ring (bicyclic) bond motifs is 3. The van der Waals surface area contributed by atoms with E-state index in [0.29, 0.717) is 22.4 Å². The number of methoxy groups -OCH3 is 1. The highest BCUT2D eigenvalue weighted by Crippen LogP contribution is 2.29. The molecule has 0 aliphatic heterocycles. The summed E-state index contributed by atoms with van der Waals surface area (Å²) in [6.07, 6.45) is 0. The van der Waals surface area contributed by atoms with Crippen LogP contribution in [0.5, 0.6) is 0 Å². The molecule has 0 atom stereocenters. The Morgan fingerprint density at radius 1 is 0.963 bits per heavy atom. The van der Waals surface area contributed by atoms with Crippen LogP contribution in [0.4, 0.5) is 5.69 Å². The molecule has 5 nitrogen and oxygen atoms in total. The number of furan rings is 1. The molecule has 1 aromatic heterocycles. The van der Waals surface area contributed by atoms with E-state index in [-0.39, 0.29) is 11.7 Å². The van der Waals surface area contributed by atoms with E-state index in [1.54, 1.807) is 31.2 Å². The van der Waals surface area contributed by atoms with Crippen molar-refractivity contribution >= 4 is 39.3 Å². The molecule has 3 aromatic carbocycles. The lowest BCUT2D eigenvalue weighted by Gasteiger charge is -2.10. The van der Waals surface area contributed by atoms with Crippen LogP contribution in [0.25, 0.3) is 21.7 Å². The molecule has 5 heteroatoms. The van der Waals surface area contributed by atoms with E-state index in [4.69, 9.17) is 9.15 Å². The molecule has 0 spiro atoms. The Morgan fingerprint density at radius 3 is 2.59 bits per heavy atom. The van der Waals surface area contributed by atoms with Gasteiger partial charge in [-0.25, -0.2) is 4.79 Å². The molecular weight excluding hydrogens is 342 g/mol. The van der Waals surface area contributed by atoms with Crippen molar-refractivity contribution in [1.82, 2.24) is 0 Å². The standard InChI is InChI=1S/C22H17NO4/c1-13-15(22(25)26-2)8-5-9-18(13)23-21(24)20-12-17-16-7-4-3-6-14(16)10-11-19(17)27-20/h3-12H,1-2H3,(H,23,24). The van der Waals surface area contributed by atoms with E-state index in [2.05, 4.69) is 5.32 Å². The summed E-state index contributed by atoms with van der Waals surface area (Å²) in [5, 5.41) is 5.81. The highest BCUT2D eigenvalue weighted by molar-refractivity contribution is 6.11. The highest BCUT2D eigenvalue weighted by atomic mass is 16.5. The number of amides is 1. The van der Waals surface area contributed by atoms with Gasteiger partial charge in [0.15, 0.2) is 5.76 Å². The zero-order valence-corrected chi connectivity index (χ0v) is 14.9. The van der Waals surface area contributed by atoms with Crippen molar-refractivity contribution in [3.63, 3.8) is 0 Å². The van der Waals surface area contributed by atoms with E-state index in [9.17, 15) is 9.59 Å². The van der Waals surface area contributed by atoms with Crippen molar-refractivity contribution in [2.75, 3.05) is 12.4 Å². The lowest BCUT2D eigenvalue weighted by molar-refractivity contribution is 0.0599. The minimum absolute atomic E-state index is 0.212. The molecule has 0 aliphatic rings. The Bertz CT molecular complexity index is 1190. The van der Waals surface area contributed by atoms with Crippen LogP contribution < -0.4 is 5.32 Å². The second kappa shape index (κ2) is 6.61. The summed E-state index contributed by atoms with van der Waals surface area (Å²) >= 11 is 0. The van der Waals surface area contributed by atoms with E-state index >= 15 is 0 Å². The molecule has 4 aromatic rings. The normalized spacial score (nSPS) is 10.9. The fourth-order valence-electron chi connectivity index (χ4n) is 3.19. The Kier molecular flexibility index (Phi) is 4.12. The molecule has 0 unspecified atom stereocenters. The predicted molar refractivity (Wildman–Crippen MR) is 104 cm³/mol. The van der Waals surface area contributed by atoms with Crippen molar-refractivity contribution < 1.29 is 18.7 Å². The zero-order valence-electron chi connectivity index (χ0n) is 14.9. The van der Waals surface area contributed by atoms with E-state index < -0.39 is 5.97 Å². The van der Waals surface area contributed by atoms with Gasteiger partial charge in [-0.15, -0.1) is 0 Å². The predicted octanol–water partition coefficient (Wildman–Crippen LogP) is 4.93. The second-order valence-electron chi connectivity index (χ2n) is 6.23. The van der Waals surface area contributed by atoms with Gasteiger partial charge in [0.2, 0.25) is 0 Å². The van der Waals surface area contributed by atoms with Gasteiger partial charge in [0.25, 0.3) is 5.91 Å². The number of carbonyl (C=O) groups is 2. The van der Waals surface area contributed by atoms with Crippen LogP contribution in [-0.2, 0) is 4.74 Å². The van der Waals surface area contributed by atoms with Gasteiger partial charge in [-0.1, -0.05) is 36.4 Å². The lowest BCUT2D eigenvalue weighted by atomic mass is 10.1. The molecule has 1 N–H and O–H groups in total. The average molecular weight is 359 g/mol. The van der Waals surface area contributed by atoms with E-state index in [1.807, 2.05) is 36.4 Å². The Balaban J connectivity index is 1.70. The number of benzene rings is 3. The van der Waals surface area contributed by atoms with Crippen LogP contribution in [0, 0.1) is 6.92 Å². The lowest BCUT2D eigenvalue weighted by Crippen LogP contribution is -2.13. The summed E-state index contributed by atoms with van der Waals surface area (Å²) in [5.41, 5.74) is 2.23. The maximum absolute atomic E-state index is 12.7. The molecule has 0 radical (unpaired) electrons. The summed E-state index contributed by atoms with van der Waals surface area (Å²) in [5.74, 6) is -0.608. The molecule has 0 bridgehead atoms. The number of hydrogen-bond donors (Lipinski definition) is 1. The number of rotatable bonds is 3. The Labute approximate surface area is 155 Å². The Hall–Kier alpha value is -3.60. The quantitative estimate of drug-likeness (QED) is 0.527. The maximum Gasteiger partial charge on any atom is 0.338 e. The minimum Gasteiger partial charge on any atom is -0.465 e. The number of anilines is 1. The molecule has 0 fully saturated rings. The van der Waals surface area contributed by atoms with Crippen molar-refractivity contribution in [3.05, 3.63) is 77.6 Å². The van der Waals surface area contributed by atoms with Gasteiger partial charge in [-0.05, 0) is 47.5 Å². The average Bonchev–Trinajstić information content (AvgIpc) is 3.14. The van der Waals surface area contributed by atoms with E-state index in [1.165, 1.54) is 7.11 Å². The van der Waals surface area contributed by atoms with Crippen LogP contribution in [0.1, 0.15) is 26.5 Å². The Morgan fingerprint density at radius 2 is 1.78 bits per heavy atom. The van der Waals surface area contributed by atoms with Gasteiger partial charge in [0.05, 0.1) is 12.7 Å². The van der Waals surface area contributed by atoms with Crippen molar-refractivity contribution in [1.29, 1.82) is 0 Å². The molecule has 0 saturated carbocycles. The van der Waals surface area contributed by atoms with Gasteiger partial charge in [-0.3, -0.25) is 4.79 Å². The van der Waals surface area contributed by atoms with Gasteiger partial charge in [0, 0.05) is 11.1 Å². The molecule has 1 heterocycles. The first-order chi connectivity index (χ1) is 13.1. The smallest absolute Gasteiger partial charge is 0.338 e. The molecule has 0 aliphatic carbocycles. The third-order valence-corrected chi connectivity index (χ3v) is 4.64. The van der Waals surface area contributed by atoms with E-state index in [0.717, 1.165) is 16.2 Å². The molecule has 0 saturated heterocycles. The first-order valence-electron chi connectivity index (χ1n) is 8.49. The molecular formula is C22H17NO4. The number of nitrogens with one attached hydrogen (secondary N) is 1. The monoisotopic (exact) mass is 359 g/mol. The summed E-state index contributed by atoms with van der Waals surface area (Å²) in [4.78, 5) is 24.5. The fraction of sp³-hybridized carbons (Fsp3) is 0.0909. The number of ether oxygens (including phenoxy) is 1. The summed E-state index contributed by atoms with van der Waals surface area (Å²) in [6.45, 7) is 1.76. The first-order valence-corrected chi connectivity index (χ1v) is 8.49. The SMILES string of the molecule is COC(=O)c1cccc(NC(=O)c2cc3c(ccc4ccccc43)o2)c1C. The third kappa shape index (κ3) is 2.93. The molecule has 134 valence electrons. The van der Waals surface area contributed by atoms with Crippen molar-refractivity contribution in [3.8, 4) is 0 Å². The zero-order chi connectivity index (χ0) is 19.0. The summed E-state index contributed by atoms with van der Waals surface area (Å²) < 4.78 is 10.5. The maximum atomic E-state index is 12.7. The van der Waals surface area contributed by atoms with Crippen LogP contribution in [0.15, 0.2) is 65.1 Å². The van der Waals surface area contributed by atoms with Crippen LogP contribution in [0.3, 0.4) is 0 Å².